The fourth-order valence-electron chi connectivity index (χ4n) is 1.60. The molecular weight excluding hydrogens is 312 g/mol. The number of primary amides is 4. The summed E-state index contributed by atoms with van der Waals surface area (Å²) in [6, 6.07) is 11.7. The van der Waals surface area contributed by atoms with Crippen molar-refractivity contribution in [1.29, 1.82) is 0 Å². The third-order valence-electron chi connectivity index (χ3n) is 2.91. The molecule has 0 spiro atoms. The molecule has 2 aromatic rings. The highest BCUT2D eigenvalue weighted by atomic mass is 16.2. The van der Waals surface area contributed by atoms with Crippen LogP contribution in [0.5, 0.6) is 0 Å². The van der Waals surface area contributed by atoms with E-state index in [9.17, 15) is 19.2 Å². The number of amides is 4. The minimum absolute atomic E-state index is 0.361. The number of carbonyl (C=O) groups excluding carboxylic acids is 4. The molecule has 0 aliphatic rings. The fraction of sp³-hybridized carbons (Fsp3) is 0. The fourth-order valence-corrected chi connectivity index (χ4v) is 1.60. The molecule has 2 aromatic carbocycles. The summed E-state index contributed by atoms with van der Waals surface area (Å²) >= 11 is 0. The van der Waals surface area contributed by atoms with Gasteiger partial charge in [-0.1, -0.05) is 0 Å². The minimum Gasteiger partial charge on any atom is -0.366 e. The summed E-state index contributed by atoms with van der Waals surface area (Å²) in [6.07, 6.45) is 0. The lowest BCUT2D eigenvalue weighted by atomic mass is 10.1. The van der Waals surface area contributed by atoms with E-state index in [-0.39, 0.29) is 0 Å². The highest BCUT2D eigenvalue weighted by Crippen LogP contribution is 2.03. The molecule has 0 saturated carbocycles. The lowest BCUT2D eigenvalue weighted by Crippen LogP contribution is -2.13. The van der Waals surface area contributed by atoms with Crippen molar-refractivity contribution in [2.45, 2.75) is 0 Å². The van der Waals surface area contributed by atoms with E-state index in [1.165, 1.54) is 48.5 Å². The molecule has 124 valence electrons. The number of benzene rings is 2. The second-order valence-corrected chi connectivity index (χ2v) is 4.61. The van der Waals surface area contributed by atoms with E-state index in [0.29, 0.717) is 22.3 Å². The van der Waals surface area contributed by atoms with Crippen molar-refractivity contribution in [3.63, 3.8) is 0 Å². The van der Waals surface area contributed by atoms with Gasteiger partial charge in [-0.2, -0.15) is 0 Å². The van der Waals surface area contributed by atoms with E-state index in [2.05, 4.69) is 0 Å². The van der Waals surface area contributed by atoms with Gasteiger partial charge in [-0.3, -0.25) is 19.2 Å². The number of nitrogens with two attached hydrogens (primary N) is 4. The van der Waals surface area contributed by atoms with Crippen molar-refractivity contribution >= 4 is 23.6 Å². The highest BCUT2D eigenvalue weighted by Gasteiger charge is 2.03. The molecule has 0 fully saturated rings. The molecule has 0 heterocycles. The zero-order valence-corrected chi connectivity index (χ0v) is 12.6. The molecule has 0 aromatic heterocycles. The third-order valence-corrected chi connectivity index (χ3v) is 2.91. The monoisotopic (exact) mass is 328 g/mol. The number of hydrogen-bond acceptors (Lipinski definition) is 4. The maximum Gasteiger partial charge on any atom is 0.248 e. The Kier molecular flexibility index (Phi) is 6.19. The van der Waals surface area contributed by atoms with Gasteiger partial charge in [0.05, 0.1) is 0 Å². The Morgan fingerprint density at radius 2 is 0.542 bits per heavy atom. The first-order valence-electron chi connectivity index (χ1n) is 6.61. The Balaban J connectivity index is 0.000000240. The van der Waals surface area contributed by atoms with E-state index < -0.39 is 23.6 Å². The van der Waals surface area contributed by atoms with E-state index >= 15 is 0 Å². The van der Waals surface area contributed by atoms with Crippen LogP contribution in [0.2, 0.25) is 0 Å². The molecule has 0 saturated heterocycles. The van der Waals surface area contributed by atoms with Gasteiger partial charge >= 0.3 is 0 Å². The van der Waals surface area contributed by atoms with Crippen LogP contribution in [0.1, 0.15) is 41.4 Å². The molecule has 0 unspecified atom stereocenters. The van der Waals surface area contributed by atoms with Crippen molar-refractivity contribution in [2.75, 3.05) is 0 Å². The quantitative estimate of drug-likeness (QED) is 0.607. The summed E-state index contributed by atoms with van der Waals surface area (Å²) in [5.74, 6) is -2.09. The van der Waals surface area contributed by atoms with Gasteiger partial charge in [0.2, 0.25) is 23.6 Å². The van der Waals surface area contributed by atoms with E-state index in [4.69, 9.17) is 22.9 Å². The van der Waals surface area contributed by atoms with Gasteiger partial charge in [0.25, 0.3) is 0 Å². The number of rotatable bonds is 4. The standard InChI is InChI=1S/2C8H8N2O2/c2*9-7(11)5-1-2-6(4-3-5)8(10)12/h2*1-4H,(H2,9,11)(H2,10,12). The van der Waals surface area contributed by atoms with Crippen LogP contribution in [-0.4, -0.2) is 23.6 Å². The normalized spacial score (nSPS) is 9.33. The maximum absolute atomic E-state index is 10.6. The zero-order chi connectivity index (χ0) is 18.3. The van der Waals surface area contributed by atoms with Crippen molar-refractivity contribution in [3.8, 4) is 0 Å². The largest absolute Gasteiger partial charge is 0.366 e. The van der Waals surface area contributed by atoms with Gasteiger partial charge in [-0.25, -0.2) is 0 Å². The van der Waals surface area contributed by atoms with Crippen LogP contribution in [0.4, 0.5) is 0 Å². The first-order valence-corrected chi connectivity index (χ1v) is 6.61. The van der Waals surface area contributed by atoms with Crippen LogP contribution in [0, 0.1) is 0 Å². The van der Waals surface area contributed by atoms with Crippen molar-refractivity contribution in [2.24, 2.45) is 22.9 Å². The predicted molar refractivity (Wildman–Crippen MR) is 87.0 cm³/mol. The summed E-state index contributed by atoms with van der Waals surface area (Å²) in [5.41, 5.74) is 21.4. The lowest BCUT2D eigenvalue weighted by molar-refractivity contribution is 0.0988. The van der Waals surface area contributed by atoms with Crippen LogP contribution in [0.25, 0.3) is 0 Å². The molecule has 24 heavy (non-hydrogen) atoms. The predicted octanol–water partition coefficient (Wildman–Crippen LogP) is -0.231. The van der Waals surface area contributed by atoms with Crippen molar-refractivity contribution in [3.05, 3.63) is 70.8 Å². The second-order valence-electron chi connectivity index (χ2n) is 4.61. The van der Waals surface area contributed by atoms with Crippen LogP contribution in [0.3, 0.4) is 0 Å². The molecule has 0 radical (unpaired) electrons. The number of hydrogen-bond donors (Lipinski definition) is 4. The molecule has 0 atom stereocenters. The molecule has 8 nitrogen and oxygen atoms in total. The lowest BCUT2D eigenvalue weighted by Gasteiger charge is -1.96. The average molecular weight is 328 g/mol. The van der Waals surface area contributed by atoms with Gasteiger partial charge in [0, 0.05) is 22.3 Å². The average Bonchev–Trinajstić information content (AvgIpc) is 2.55. The summed E-state index contributed by atoms with van der Waals surface area (Å²) in [5, 5.41) is 0. The Morgan fingerprint density at radius 1 is 0.417 bits per heavy atom. The zero-order valence-electron chi connectivity index (χ0n) is 12.6. The van der Waals surface area contributed by atoms with E-state index in [1.54, 1.807) is 0 Å². The second kappa shape index (κ2) is 8.08. The Morgan fingerprint density at radius 3 is 0.625 bits per heavy atom. The molecule has 4 amide bonds. The van der Waals surface area contributed by atoms with Gasteiger partial charge in [-0.05, 0) is 48.5 Å². The SMILES string of the molecule is NC(=O)c1ccc(C(N)=O)cc1.NC(=O)c1ccc(C(N)=O)cc1. The van der Waals surface area contributed by atoms with Crippen LogP contribution < -0.4 is 22.9 Å². The van der Waals surface area contributed by atoms with Crippen molar-refractivity contribution in [1.82, 2.24) is 0 Å². The molecule has 0 aliphatic heterocycles. The number of carbonyl (C=O) groups is 4. The molecular formula is C16H16N4O4. The van der Waals surface area contributed by atoms with Gasteiger partial charge in [0.1, 0.15) is 0 Å². The third kappa shape index (κ3) is 5.26. The first kappa shape index (κ1) is 18.4. The van der Waals surface area contributed by atoms with Crippen molar-refractivity contribution < 1.29 is 19.2 Å². The van der Waals surface area contributed by atoms with Gasteiger partial charge < -0.3 is 22.9 Å². The molecule has 2 rings (SSSR count). The Bertz CT molecular complexity index is 634. The van der Waals surface area contributed by atoms with Gasteiger partial charge in [-0.15, -0.1) is 0 Å². The summed E-state index contributed by atoms with van der Waals surface area (Å²) < 4.78 is 0. The molecule has 8 heteroatoms. The summed E-state index contributed by atoms with van der Waals surface area (Å²) in [6.45, 7) is 0. The Labute approximate surface area is 137 Å². The van der Waals surface area contributed by atoms with Crippen LogP contribution >= 0.6 is 0 Å². The summed E-state index contributed by atoms with van der Waals surface area (Å²) in [4.78, 5) is 42.4. The van der Waals surface area contributed by atoms with E-state index in [1.807, 2.05) is 0 Å². The molecule has 8 N–H and O–H groups in total. The molecule has 0 aliphatic carbocycles. The highest BCUT2D eigenvalue weighted by molar-refractivity contribution is 5.97. The smallest absolute Gasteiger partial charge is 0.248 e. The van der Waals surface area contributed by atoms with Crippen LogP contribution in [0.15, 0.2) is 48.5 Å². The summed E-state index contributed by atoms with van der Waals surface area (Å²) in [7, 11) is 0. The Hall–Kier alpha value is -3.68. The maximum atomic E-state index is 10.6. The van der Waals surface area contributed by atoms with Crippen LogP contribution in [-0.2, 0) is 0 Å². The first-order chi connectivity index (χ1) is 11.2. The minimum atomic E-state index is -0.522. The van der Waals surface area contributed by atoms with E-state index in [0.717, 1.165) is 0 Å². The molecule has 0 bridgehead atoms. The van der Waals surface area contributed by atoms with Gasteiger partial charge in [0.15, 0.2) is 0 Å². The topological polar surface area (TPSA) is 172 Å².